The van der Waals surface area contributed by atoms with Crippen LogP contribution >= 0.6 is 0 Å². The molecule has 0 saturated heterocycles. The van der Waals surface area contributed by atoms with Crippen molar-refractivity contribution in [2.24, 2.45) is 5.92 Å². The monoisotopic (exact) mass is 392 g/mol. The largest absolute Gasteiger partial charge is 0.423 e. The van der Waals surface area contributed by atoms with Crippen LogP contribution in [0.15, 0.2) is 57.7 Å². The Bertz CT molecular complexity index is 1100. The number of amides is 2. The average Bonchev–Trinajstić information content (AvgIpc) is 2.67. The Morgan fingerprint density at radius 1 is 0.966 bits per heavy atom. The van der Waals surface area contributed by atoms with E-state index in [0.717, 1.165) is 22.2 Å². The first-order chi connectivity index (χ1) is 13.8. The first kappa shape index (κ1) is 20.3. The maximum atomic E-state index is 12.3. The van der Waals surface area contributed by atoms with Crippen molar-refractivity contribution < 1.29 is 14.0 Å². The lowest BCUT2D eigenvalue weighted by atomic mass is 10.1. The topological polar surface area (TPSA) is 88.4 Å². The molecule has 3 rings (SSSR count). The molecule has 2 amide bonds. The van der Waals surface area contributed by atoms with Crippen LogP contribution < -0.4 is 16.3 Å². The van der Waals surface area contributed by atoms with Gasteiger partial charge in [-0.05, 0) is 48.7 Å². The zero-order valence-electron chi connectivity index (χ0n) is 16.7. The van der Waals surface area contributed by atoms with Gasteiger partial charge in [0, 0.05) is 41.2 Å². The van der Waals surface area contributed by atoms with E-state index in [2.05, 4.69) is 10.6 Å². The highest BCUT2D eigenvalue weighted by molar-refractivity contribution is 5.94. The molecule has 0 aliphatic carbocycles. The molecule has 0 aliphatic heterocycles. The number of carbonyl (C=O) groups excluding carboxylic acids is 2. The summed E-state index contributed by atoms with van der Waals surface area (Å²) < 4.78 is 5.21. The van der Waals surface area contributed by atoms with Gasteiger partial charge in [-0.2, -0.15) is 0 Å². The molecule has 150 valence electrons. The molecule has 2 N–H and O–H groups in total. The number of fused-ring (bicyclic) bond motifs is 1. The summed E-state index contributed by atoms with van der Waals surface area (Å²) in [5.74, 6) is -0.236. The molecule has 2 aromatic carbocycles. The van der Waals surface area contributed by atoms with Crippen molar-refractivity contribution in [3.05, 3.63) is 70.1 Å². The van der Waals surface area contributed by atoms with Gasteiger partial charge in [0.05, 0.1) is 0 Å². The van der Waals surface area contributed by atoms with Crippen molar-refractivity contribution in [1.29, 1.82) is 0 Å². The molecular weight excluding hydrogens is 368 g/mol. The number of hydrogen-bond donors (Lipinski definition) is 2. The Kier molecular flexibility index (Phi) is 6.12. The summed E-state index contributed by atoms with van der Waals surface area (Å²) in [5, 5.41) is 6.51. The maximum absolute atomic E-state index is 12.3. The van der Waals surface area contributed by atoms with E-state index in [1.807, 2.05) is 51.1 Å². The van der Waals surface area contributed by atoms with Gasteiger partial charge in [-0.15, -0.1) is 0 Å². The lowest BCUT2D eigenvalue weighted by Crippen LogP contribution is -2.17. The van der Waals surface area contributed by atoms with Gasteiger partial charge >= 0.3 is 5.63 Å². The van der Waals surface area contributed by atoms with E-state index in [1.54, 1.807) is 12.1 Å². The highest BCUT2D eigenvalue weighted by atomic mass is 16.4. The molecule has 0 aliphatic rings. The van der Waals surface area contributed by atoms with E-state index in [0.29, 0.717) is 24.1 Å². The van der Waals surface area contributed by atoms with Crippen LogP contribution in [0.2, 0.25) is 0 Å². The van der Waals surface area contributed by atoms with Gasteiger partial charge in [0.2, 0.25) is 11.8 Å². The lowest BCUT2D eigenvalue weighted by Gasteiger charge is -2.09. The molecule has 0 fully saturated rings. The first-order valence-corrected chi connectivity index (χ1v) is 9.56. The minimum atomic E-state index is -0.411. The van der Waals surface area contributed by atoms with Crippen LogP contribution in [0.3, 0.4) is 0 Å². The molecule has 6 nitrogen and oxygen atoms in total. The van der Waals surface area contributed by atoms with E-state index >= 15 is 0 Å². The van der Waals surface area contributed by atoms with Gasteiger partial charge in [-0.3, -0.25) is 9.59 Å². The second-order valence-corrected chi connectivity index (χ2v) is 7.35. The number of benzene rings is 2. The lowest BCUT2D eigenvalue weighted by molar-refractivity contribution is -0.119. The minimum Gasteiger partial charge on any atom is -0.423 e. The van der Waals surface area contributed by atoms with Crippen molar-refractivity contribution in [3.63, 3.8) is 0 Å². The van der Waals surface area contributed by atoms with Crippen LogP contribution in [0.1, 0.15) is 31.4 Å². The molecule has 0 atom stereocenters. The summed E-state index contributed by atoms with van der Waals surface area (Å²) >= 11 is 0. The highest BCUT2D eigenvalue weighted by Crippen LogP contribution is 2.21. The third-order valence-corrected chi connectivity index (χ3v) is 4.62. The van der Waals surface area contributed by atoms with E-state index in [9.17, 15) is 14.4 Å². The van der Waals surface area contributed by atoms with E-state index in [1.165, 1.54) is 6.07 Å². The van der Waals surface area contributed by atoms with Gasteiger partial charge in [0.15, 0.2) is 0 Å². The van der Waals surface area contributed by atoms with Crippen LogP contribution in [-0.2, 0) is 16.0 Å². The van der Waals surface area contributed by atoms with Crippen molar-refractivity contribution in [3.8, 4) is 0 Å². The van der Waals surface area contributed by atoms with Gasteiger partial charge in [-0.1, -0.05) is 26.0 Å². The standard InChI is InChI=1S/C23H24N2O4/c1-14(2)23(28)25-17-7-4-16(5-8-17)6-11-21(26)24-18-9-10-19-15(3)12-22(27)29-20(19)13-18/h4-5,7-10,12-14H,6,11H2,1-3H3,(H,24,26)(H,25,28). The van der Waals surface area contributed by atoms with Crippen LogP contribution in [-0.4, -0.2) is 11.8 Å². The van der Waals surface area contributed by atoms with E-state index in [-0.39, 0.29) is 17.7 Å². The predicted octanol–water partition coefficient (Wildman–Crippen LogP) is 4.27. The second-order valence-electron chi connectivity index (χ2n) is 7.35. The van der Waals surface area contributed by atoms with Gasteiger partial charge < -0.3 is 15.1 Å². The number of anilines is 2. The zero-order chi connectivity index (χ0) is 21.0. The Balaban J connectivity index is 1.58. The minimum absolute atomic E-state index is 0.0291. The summed E-state index contributed by atoms with van der Waals surface area (Å²) in [7, 11) is 0. The number of nitrogens with one attached hydrogen (secondary N) is 2. The fourth-order valence-corrected chi connectivity index (χ4v) is 2.93. The molecule has 6 heteroatoms. The number of hydrogen-bond acceptors (Lipinski definition) is 4. The number of carbonyl (C=O) groups is 2. The van der Waals surface area contributed by atoms with Crippen LogP contribution in [0.5, 0.6) is 0 Å². The SMILES string of the molecule is Cc1cc(=O)oc2cc(NC(=O)CCc3ccc(NC(=O)C(C)C)cc3)ccc12. The fourth-order valence-electron chi connectivity index (χ4n) is 2.93. The summed E-state index contributed by atoms with van der Waals surface area (Å²) in [6.07, 6.45) is 0.888. The normalized spacial score (nSPS) is 10.9. The van der Waals surface area contributed by atoms with Gasteiger partial charge in [-0.25, -0.2) is 4.79 Å². The Morgan fingerprint density at radius 3 is 2.34 bits per heavy atom. The van der Waals surface area contributed by atoms with Crippen LogP contribution in [0.25, 0.3) is 11.0 Å². The highest BCUT2D eigenvalue weighted by Gasteiger charge is 2.09. The molecule has 0 spiro atoms. The predicted molar refractivity (Wildman–Crippen MR) is 114 cm³/mol. The summed E-state index contributed by atoms with van der Waals surface area (Å²) in [6.45, 7) is 5.52. The molecule has 0 saturated carbocycles. The van der Waals surface area contributed by atoms with Crippen molar-refractivity contribution in [2.75, 3.05) is 10.6 Å². The molecule has 1 heterocycles. The molecular formula is C23H24N2O4. The van der Waals surface area contributed by atoms with Gasteiger partial charge in [0.1, 0.15) is 5.58 Å². The van der Waals surface area contributed by atoms with Crippen molar-refractivity contribution in [2.45, 2.75) is 33.6 Å². The third kappa shape index (κ3) is 5.31. The summed E-state index contributed by atoms with van der Waals surface area (Å²) in [6, 6.07) is 14.2. The summed E-state index contributed by atoms with van der Waals surface area (Å²) in [4.78, 5) is 35.5. The zero-order valence-corrected chi connectivity index (χ0v) is 16.7. The third-order valence-electron chi connectivity index (χ3n) is 4.62. The summed E-state index contributed by atoms with van der Waals surface area (Å²) in [5.41, 5.74) is 3.20. The van der Waals surface area contributed by atoms with E-state index in [4.69, 9.17) is 4.42 Å². The molecule has 0 radical (unpaired) electrons. The van der Waals surface area contributed by atoms with Crippen LogP contribution in [0, 0.1) is 12.8 Å². The number of rotatable bonds is 6. The van der Waals surface area contributed by atoms with E-state index < -0.39 is 5.63 Å². The molecule has 29 heavy (non-hydrogen) atoms. The van der Waals surface area contributed by atoms with Crippen molar-refractivity contribution >= 4 is 34.2 Å². The molecule has 1 aromatic heterocycles. The smallest absolute Gasteiger partial charge is 0.336 e. The quantitative estimate of drug-likeness (QED) is 0.613. The first-order valence-electron chi connectivity index (χ1n) is 9.56. The van der Waals surface area contributed by atoms with Crippen molar-refractivity contribution in [1.82, 2.24) is 0 Å². The Morgan fingerprint density at radius 2 is 1.66 bits per heavy atom. The Hall–Kier alpha value is -3.41. The molecule has 3 aromatic rings. The molecule has 0 bridgehead atoms. The maximum Gasteiger partial charge on any atom is 0.336 e. The second kappa shape index (κ2) is 8.73. The number of aryl methyl sites for hydroxylation is 2. The Labute approximate surface area is 168 Å². The fraction of sp³-hybridized carbons (Fsp3) is 0.261. The van der Waals surface area contributed by atoms with Gasteiger partial charge in [0.25, 0.3) is 0 Å². The van der Waals surface area contributed by atoms with Crippen LogP contribution in [0.4, 0.5) is 11.4 Å². The molecule has 0 unspecified atom stereocenters. The average molecular weight is 392 g/mol.